The van der Waals surface area contributed by atoms with Crippen molar-refractivity contribution in [1.29, 1.82) is 0 Å². The average molecular weight is 304 g/mol. The topological polar surface area (TPSA) is 50.9 Å². The molecule has 2 aromatic carbocycles. The molecule has 0 aromatic heterocycles. The van der Waals surface area contributed by atoms with Crippen molar-refractivity contribution < 1.29 is 9.47 Å². The zero-order valence-corrected chi connectivity index (χ0v) is 12.0. The fourth-order valence-corrected chi connectivity index (χ4v) is 1.92. The van der Waals surface area contributed by atoms with Crippen LogP contribution in [-0.4, -0.2) is 19.3 Å². The molecule has 0 spiro atoms. The van der Waals surface area contributed by atoms with Gasteiger partial charge in [-0.25, -0.2) is 0 Å². The van der Waals surface area contributed by atoms with Gasteiger partial charge in [0.1, 0.15) is 18.5 Å². The maximum absolute atomic E-state index is 11.9. The molecular formula is C16H14ClNO3. The molecule has 1 atom stereocenters. The summed E-state index contributed by atoms with van der Waals surface area (Å²) < 4.78 is 10.6. The number of epoxide rings is 1. The van der Waals surface area contributed by atoms with E-state index >= 15 is 0 Å². The Morgan fingerprint density at radius 3 is 2.57 bits per heavy atom. The molecule has 0 saturated carbocycles. The number of nitrogens with one attached hydrogen (secondary N) is 1. The van der Waals surface area contributed by atoms with Crippen LogP contribution in [0.3, 0.4) is 0 Å². The first kappa shape index (κ1) is 13.9. The summed E-state index contributed by atoms with van der Waals surface area (Å²) in [5, 5.41) is 3.59. The molecule has 1 fully saturated rings. The third-order valence-electron chi connectivity index (χ3n) is 3.04. The van der Waals surface area contributed by atoms with Crippen LogP contribution in [0.1, 0.15) is 0 Å². The highest BCUT2D eigenvalue weighted by molar-refractivity contribution is 6.30. The van der Waals surface area contributed by atoms with E-state index in [2.05, 4.69) is 5.32 Å². The summed E-state index contributed by atoms with van der Waals surface area (Å²) in [5.74, 6) is 0.778. The Balaban J connectivity index is 1.70. The molecule has 1 heterocycles. The van der Waals surface area contributed by atoms with Gasteiger partial charge in [-0.2, -0.15) is 0 Å². The summed E-state index contributed by atoms with van der Waals surface area (Å²) in [5.41, 5.74) is 1.17. The summed E-state index contributed by atoms with van der Waals surface area (Å²) in [6.45, 7) is 1.35. The Kier molecular flexibility index (Phi) is 4.08. The van der Waals surface area contributed by atoms with E-state index in [1.54, 1.807) is 18.2 Å². The van der Waals surface area contributed by atoms with E-state index < -0.39 is 0 Å². The van der Waals surface area contributed by atoms with Crippen molar-refractivity contribution in [3.05, 3.63) is 63.8 Å². The van der Waals surface area contributed by atoms with Crippen molar-refractivity contribution in [3.8, 4) is 5.75 Å². The molecule has 108 valence electrons. The fraction of sp³-hybridized carbons (Fsp3) is 0.188. The maximum atomic E-state index is 11.9. The summed E-state index contributed by atoms with van der Waals surface area (Å²) in [6.07, 6.45) is 0.236. The van der Waals surface area contributed by atoms with Gasteiger partial charge in [0.05, 0.1) is 12.3 Å². The Morgan fingerprint density at radius 2 is 1.86 bits per heavy atom. The molecule has 0 bridgehead atoms. The molecule has 0 amide bonds. The van der Waals surface area contributed by atoms with Gasteiger partial charge in [0.2, 0.25) is 5.43 Å². The molecule has 4 nitrogen and oxygen atoms in total. The van der Waals surface area contributed by atoms with Crippen molar-refractivity contribution >= 4 is 23.0 Å². The standard InChI is InChI=1S/C16H14ClNO3/c17-11-1-7-15(16(19)8-2-11)18-12-3-5-13(6-4-12)20-9-14-10-21-14/h1-8,14H,9-10H2,(H,18,19). The Hall–Kier alpha value is -2.04. The number of benzene rings is 1. The number of hydrogen-bond acceptors (Lipinski definition) is 4. The van der Waals surface area contributed by atoms with Gasteiger partial charge >= 0.3 is 0 Å². The van der Waals surface area contributed by atoms with Crippen molar-refractivity contribution in [2.24, 2.45) is 0 Å². The lowest BCUT2D eigenvalue weighted by molar-refractivity contribution is 0.263. The van der Waals surface area contributed by atoms with E-state index in [4.69, 9.17) is 21.1 Å². The summed E-state index contributed by atoms with van der Waals surface area (Å²) in [6, 6.07) is 13.8. The van der Waals surface area contributed by atoms with Crippen LogP contribution in [0.4, 0.5) is 11.4 Å². The van der Waals surface area contributed by atoms with Crippen molar-refractivity contribution in [2.75, 3.05) is 18.5 Å². The molecule has 1 aliphatic heterocycles. The second-order valence-electron chi connectivity index (χ2n) is 4.75. The van der Waals surface area contributed by atoms with Crippen LogP contribution in [0.25, 0.3) is 0 Å². The summed E-state index contributed by atoms with van der Waals surface area (Å²) >= 11 is 5.86. The van der Waals surface area contributed by atoms with Crippen LogP contribution < -0.4 is 15.5 Å². The van der Waals surface area contributed by atoms with Gasteiger partial charge in [0.15, 0.2) is 0 Å². The van der Waals surface area contributed by atoms with E-state index in [1.807, 2.05) is 24.3 Å². The third kappa shape index (κ3) is 3.97. The molecule has 0 radical (unpaired) electrons. The van der Waals surface area contributed by atoms with Gasteiger partial charge in [-0.1, -0.05) is 11.6 Å². The molecule has 1 unspecified atom stereocenters. The van der Waals surface area contributed by atoms with Crippen molar-refractivity contribution in [3.63, 3.8) is 0 Å². The molecular weight excluding hydrogens is 290 g/mol. The first-order valence-electron chi connectivity index (χ1n) is 6.62. The summed E-state index contributed by atoms with van der Waals surface area (Å²) in [4.78, 5) is 11.9. The van der Waals surface area contributed by atoms with Gasteiger partial charge in [-0.3, -0.25) is 4.79 Å². The van der Waals surface area contributed by atoms with Gasteiger partial charge in [-0.15, -0.1) is 0 Å². The Bertz CT molecular complexity index is 684. The number of rotatable bonds is 5. The van der Waals surface area contributed by atoms with E-state index in [1.165, 1.54) is 6.07 Å². The van der Waals surface area contributed by atoms with E-state index in [0.717, 1.165) is 18.0 Å². The zero-order valence-electron chi connectivity index (χ0n) is 11.2. The van der Waals surface area contributed by atoms with Crippen LogP contribution in [0, 0.1) is 0 Å². The highest BCUT2D eigenvalue weighted by Gasteiger charge is 2.22. The highest BCUT2D eigenvalue weighted by Crippen LogP contribution is 2.20. The van der Waals surface area contributed by atoms with Gasteiger partial charge in [0.25, 0.3) is 0 Å². The second-order valence-corrected chi connectivity index (χ2v) is 5.18. The average Bonchev–Trinajstić information content (AvgIpc) is 3.32. The summed E-state index contributed by atoms with van der Waals surface area (Å²) in [7, 11) is 0. The van der Waals surface area contributed by atoms with E-state index in [9.17, 15) is 4.79 Å². The zero-order chi connectivity index (χ0) is 14.7. The predicted molar refractivity (Wildman–Crippen MR) is 82.7 cm³/mol. The quantitative estimate of drug-likeness (QED) is 0.862. The van der Waals surface area contributed by atoms with Crippen LogP contribution in [0.5, 0.6) is 5.75 Å². The smallest absolute Gasteiger partial charge is 0.202 e. The minimum absolute atomic E-state index is 0.117. The first-order valence-corrected chi connectivity index (χ1v) is 7.00. The molecule has 1 saturated heterocycles. The predicted octanol–water partition coefficient (Wildman–Crippen LogP) is 3.22. The van der Waals surface area contributed by atoms with Crippen molar-refractivity contribution in [2.45, 2.75) is 6.10 Å². The largest absolute Gasteiger partial charge is 0.491 e. The lowest BCUT2D eigenvalue weighted by Gasteiger charge is -2.07. The van der Waals surface area contributed by atoms with E-state index in [0.29, 0.717) is 17.3 Å². The normalized spacial score (nSPS) is 16.3. The van der Waals surface area contributed by atoms with Crippen LogP contribution in [0.15, 0.2) is 53.3 Å². The molecule has 21 heavy (non-hydrogen) atoms. The van der Waals surface area contributed by atoms with Crippen LogP contribution in [-0.2, 0) is 4.74 Å². The van der Waals surface area contributed by atoms with Gasteiger partial charge < -0.3 is 14.8 Å². The molecule has 0 aliphatic carbocycles. The van der Waals surface area contributed by atoms with Crippen LogP contribution >= 0.6 is 11.6 Å². The number of hydrogen-bond donors (Lipinski definition) is 1. The monoisotopic (exact) mass is 303 g/mol. The van der Waals surface area contributed by atoms with Gasteiger partial charge in [0, 0.05) is 10.7 Å². The maximum Gasteiger partial charge on any atom is 0.202 e. The number of ether oxygens (including phenoxy) is 2. The lowest BCUT2D eigenvalue weighted by Crippen LogP contribution is -2.05. The molecule has 3 rings (SSSR count). The van der Waals surface area contributed by atoms with Crippen molar-refractivity contribution in [1.82, 2.24) is 0 Å². The lowest BCUT2D eigenvalue weighted by atomic mass is 10.3. The first-order chi connectivity index (χ1) is 10.2. The molecule has 1 aliphatic rings. The van der Waals surface area contributed by atoms with Gasteiger partial charge in [-0.05, 0) is 48.5 Å². The SMILES string of the molecule is O=c1ccc(Cl)ccc1Nc1ccc(OCC2CO2)cc1. The fourth-order valence-electron chi connectivity index (χ4n) is 1.79. The number of halogens is 1. The van der Waals surface area contributed by atoms with Crippen LogP contribution in [0.2, 0.25) is 5.02 Å². The minimum atomic E-state index is -0.117. The Morgan fingerprint density at radius 1 is 1.14 bits per heavy atom. The third-order valence-corrected chi connectivity index (χ3v) is 3.29. The molecule has 2 aromatic rings. The highest BCUT2D eigenvalue weighted by atomic mass is 35.5. The minimum Gasteiger partial charge on any atom is -0.491 e. The molecule has 5 heteroatoms. The Labute approximate surface area is 127 Å². The van der Waals surface area contributed by atoms with E-state index in [-0.39, 0.29) is 11.5 Å². The number of anilines is 2. The molecule has 1 N–H and O–H groups in total. The second kappa shape index (κ2) is 6.16.